The van der Waals surface area contributed by atoms with Gasteiger partial charge in [0, 0.05) is 5.56 Å². The molecule has 1 atom stereocenters. The van der Waals surface area contributed by atoms with Gasteiger partial charge in [-0.15, -0.1) is 0 Å². The van der Waals surface area contributed by atoms with Gasteiger partial charge in [-0.25, -0.2) is 9.37 Å². The van der Waals surface area contributed by atoms with Crippen LogP contribution in [0.4, 0.5) is 4.39 Å². The zero-order valence-electron chi connectivity index (χ0n) is 11.9. The highest BCUT2D eigenvalue weighted by Gasteiger charge is 2.32. The maximum absolute atomic E-state index is 14.7. The number of nitrogens with zero attached hydrogens (tertiary/aromatic N) is 2. The number of rotatable bonds is 3. The van der Waals surface area contributed by atoms with Gasteiger partial charge in [0.15, 0.2) is 5.78 Å². The molecule has 0 radical (unpaired) electrons. The van der Waals surface area contributed by atoms with Crippen LogP contribution in [0, 0.1) is 0 Å². The van der Waals surface area contributed by atoms with Gasteiger partial charge in [0.05, 0.1) is 24.3 Å². The molecule has 0 N–H and O–H groups in total. The van der Waals surface area contributed by atoms with E-state index >= 15 is 0 Å². The Morgan fingerprint density at radius 3 is 2.82 bits per heavy atom. The van der Waals surface area contributed by atoms with E-state index < -0.39 is 5.67 Å². The van der Waals surface area contributed by atoms with Gasteiger partial charge in [-0.05, 0) is 42.7 Å². The second-order valence-electron chi connectivity index (χ2n) is 5.82. The van der Waals surface area contributed by atoms with Gasteiger partial charge in [-0.3, -0.25) is 4.79 Å². The van der Waals surface area contributed by atoms with E-state index in [0.29, 0.717) is 12.8 Å². The summed E-state index contributed by atoms with van der Waals surface area (Å²) in [6.45, 7) is 0. The normalized spacial score (nSPS) is 21.0. The predicted molar refractivity (Wildman–Crippen MR) is 82.2 cm³/mol. The van der Waals surface area contributed by atoms with Crippen LogP contribution in [-0.4, -0.2) is 21.0 Å². The van der Waals surface area contributed by atoms with Crippen LogP contribution in [0.1, 0.15) is 24.4 Å². The topological polar surface area (TPSA) is 34.9 Å². The monoisotopic (exact) mass is 294 g/mol. The number of ketones is 1. The van der Waals surface area contributed by atoms with E-state index in [1.165, 1.54) is 35.4 Å². The van der Waals surface area contributed by atoms with Crippen LogP contribution in [0.2, 0.25) is 0 Å². The van der Waals surface area contributed by atoms with Gasteiger partial charge in [0.25, 0.3) is 0 Å². The summed E-state index contributed by atoms with van der Waals surface area (Å²) >= 11 is 0. The van der Waals surface area contributed by atoms with E-state index in [9.17, 15) is 9.18 Å². The molecule has 1 aromatic carbocycles. The standard InChI is InChI=1S/C18H15FN2O/c19-18(8-5-13(22)6-9-18)10-7-16-14-3-1-2-4-15(14)17-11-20-12-21(16)17/h1-6,8-9,11-12,16H,7,10H2. The molecule has 0 saturated carbocycles. The average Bonchev–Trinajstić information content (AvgIpc) is 3.10. The summed E-state index contributed by atoms with van der Waals surface area (Å²) in [5.41, 5.74) is 1.93. The van der Waals surface area contributed by atoms with Crippen LogP contribution >= 0.6 is 0 Å². The summed E-state index contributed by atoms with van der Waals surface area (Å²) < 4.78 is 16.8. The van der Waals surface area contributed by atoms with Crippen molar-refractivity contribution in [2.24, 2.45) is 0 Å². The molecule has 3 nitrogen and oxygen atoms in total. The average molecular weight is 294 g/mol. The lowest BCUT2D eigenvalue weighted by Gasteiger charge is -2.22. The first kappa shape index (κ1) is 13.2. The third-order valence-corrected chi connectivity index (χ3v) is 4.45. The van der Waals surface area contributed by atoms with Crippen molar-refractivity contribution < 1.29 is 9.18 Å². The molecular formula is C18H15FN2O. The van der Waals surface area contributed by atoms with Gasteiger partial charge >= 0.3 is 0 Å². The van der Waals surface area contributed by atoms with Crippen molar-refractivity contribution in [2.75, 3.05) is 0 Å². The molecule has 1 aliphatic carbocycles. The Morgan fingerprint density at radius 2 is 2.00 bits per heavy atom. The molecule has 1 aliphatic heterocycles. The second-order valence-corrected chi connectivity index (χ2v) is 5.82. The summed E-state index contributed by atoms with van der Waals surface area (Å²) in [7, 11) is 0. The summed E-state index contributed by atoms with van der Waals surface area (Å²) in [5.74, 6) is -0.156. The number of hydrogen-bond donors (Lipinski definition) is 0. The van der Waals surface area contributed by atoms with Crippen molar-refractivity contribution in [3.8, 4) is 11.3 Å². The molecule has 2 aromatic rings. The first-order chi connectivity index (χ1) is 10.7. The minimum absolute atomic E-state index is 0.0979. The van der Waals surface area contributed by atoms with Crippen molar-refractivity contribution in [1.82, 2.24) is 9.55 Å². The van der Waals surface area contributed by atoms with E-state index in [2.05, 4.69) is 21.7 Å². The molecule has 110 valence electrons. The third-order valence-electron chi connectivity index (χ3n) is 4.45. The number of imidazole rings is 1. The zero-order chi connectivity index (χ0) is 15.2. The number of carbonyl (C=O) groups excluding carboxylic acids is 1. The second kappa shape index (κ2) is 4.77. The number of carbonyl (C=O) groups is 1. The summed E-state index contributed by atoms with van der Waals surface area (Å²) in [5, 5.41) is 0. The van der Waals surface area contributed by atoms with Gasteiger partial charge in [0.2, 0.25) is 0 Å². The van der Waals surface area contributed by atoms with Crippen molar-refractivity contribution in [3.63, 3.8) is 0 Å². The lowest BCUT2D eigenvalue weighted by atomic mass is 9.90. The lowest BCUT2D eigenvalue weighted by molar-refractivity contribution is -0.110. The van der Waals surface area contributed by atoms with Crippen molar-refractivity contribution >= 4 is 5.78 Å². The van der Waals surface area contributed by atoms with Crippen LogP contribution < -0.4 is 0 Å². The molecule has 4 rings (SSSR count). The minimum Gasteiger partial charge on any atom is -0.323 e. The van der Waals surface area contributed by atoms with Crippen molar-refractivity contribution in [1.29, 1.82) is 0 Å². The number of allylic oxidation sites excluding steroid dienone is 4. The van der Waals surface area contributed by atoms with Crippen LogP contribution in [0.25, 0.3) is 11.3 Å². The molecule has 0 fully saturated rings. The molecule has 0 bridgehead atoms. The summed E-state index contributed by atoms with van der Waals surface area (Å²) in [4.78, 5) is 15.4. The highest BCUT2D eigenvalue weighted by molar-refractivity contribution is 6.00. The fourth-order valence-corrected chi connectivity index (χ4v) is 3.30. The molecule has 1 unspecified atom stereocenters. The van der Waals surface area contributed by atoms with Gasteiger partial charge < -0.3 is 4.57 Å². The fraction of sp³-hybridized carbons (Fsp3) is 0.222. The first-order valence-electron chi connectivity index (χ1n) is 7.39. The highest BCUT2D eigenvalue weighted by Crippen LogP contribution is 2.42. The maximum atomic E-state index is 14.7. The molecule has 4 heteroatoms. The molecule has 0 saturated heterocycles. The number of halogens is 1. The van der Waals surface area contributed by atoms with Gasteiger partial charge in [-0.2, -0.15) is 0 Å². The fourth-order valence-electron chi connectivity index (χ4n) is 3.30. The van der Waals surface area contributed by atoms with Crippen LogP contribution in [-0.2, 0) is 4.79 Å². The quantitative estimate of drug-likeness (QED) is 0.866. The minimum atomic E-state index is -1.54. The predicted octanol–water partition coefficient (Wildman–Crippen LogP) is 3.64. The highest BCUT2D eigenvalue weighted by atomic mass is 19.1. The van der Waals surface area contributed by atoms with E-state index in [1.54, 1.807) is 6.33 Å². The molecule has 1 aromatic heterocycles. The molecule has 0 amide bonds. The maximum Gasteiger partial charge on any atom is 0.178 e. The zero-order valence-corrected chi connectivity index (χ0v) is 11.9. The number of fused-ring (bicyclic) bond motifs is 3. The third kappa shape index (κ3) is 2.03. The van der Waals surface area contributed by atoms with Gasteiger partial charge in [-0.1, -0.05) is 24.3 Å². The van der Waals surface area contributed by atoms with Crippen LogP contribution in [0.5, 0.6) is 0 Å². The van der Waals surface area contributed by atoms with E-state index in [1.807, 2.05) is 18.3 Å². The van der Waals surface area contributed by atoms with Crippen LogP contribution in [0.3, 0.4) is 0 Å². The molecule has 2 aliphatic rings. The molecule has 2 heterocycles. The number of alkyl halides is 1. The SMILES string of the molecule is O=C1C=CC(F)(CCC2c3ccccc3-c3cncn32)C=C1. The lowest BCUT2D eigenvalue weighted by Crippen LogP contribution is -2.21. The number of hydrogen-bond acceptors (Lipinski definition) is 2. The van der Waals surface area contributed by atoms with E-state index in [-0.39, 0.29) is 11.8 Å². The smallest absolute Gasteiger partial charge is 0.178 e. The number of aromatic nitrogens is 2. The van der Waals surface area contributed by atoms with E-state index in [0.717, 1.165) is 5.69 Å². The van der Waals surface area contributed by atoms with E-state index in [4.69, 9.17) is 0 Å². The van der Waals surface area contributed by atoms with Crippen molar-refractivity contribution in [2.45, 2.75) is 24.6 Å². The Balaban J connectivity index is 1.61. The van der Waals surface area contributed by atoms with Crippen LogP contribution in [0.15, 0.2) is 61.1 Å². The Morgan fingerprint density at radius 1 is 1.23 bits per heavy atom. The summed E-state index contributed by atoms with van der Waals surface area (Å²) in [6.07, 6.45) is 10.0. The number of benzene rings is 1. The Kier molecular flexibility index (Phi) is 2.86. The Bertz CT molecular complexity index is 787. The molecular weight excluding hydrogens is 279 g/mol. The van der Waals surface area contributed by atoms with Gasteiger partial charge in [0.1, 0.15) is 5.67 Å². The first-order valence-corrected chi connectivity index (χ1v) is 7.39. The summed E-state index contributed by atoms with van der Waals surface area (Å²) in [6, 6.07) is 8.28. The van der Waals surface area contributed by atoms with Crippen molar-refractivity contribution in [3.05, 3.63) is 66.7 Å². The molecule has 0 spiro atoms. The Labute approximate surface area is 127 Å². The largest absolute Gasteiger partial charge is 0.323 e. The molecule has 22 heavy (non-hydrogen) atoms. The Hall–Kier alpha value is -2.49.